The fraction of sp³-hybridized carbons (Fsp3) is 0.667. The molecule has 0 amide bonds. The van der Waals surface area contributed by atoms with Gasteiger partial charge in [0.2, 0.25) is 0 Å². The minimum atomic E-state index is 0.925. The Morgan fingerprint density at radius 2 is 2.54 bits per heavy atom. The van der Waals surface area contributed by atoms with Crippen LogP contribution in [0.5, 0.6) is 0 Å². The molecule has 0 aromatic carbocycles. The van der Waals surface area contributed by atoms with E-state index in [0.717, 1.165) is 11.6 Å². The Morgan fingerprint density at radius 1 is 1.69 bits per heavy atom. The Kier molecular flexibility index (Phi) is 3.24. The summed E-state index contributed by atoms with van der Waals surface area (Å²) in [5.74, 6) is 2.15. The van der Waals surface area contributed by atoms with Gasteiger partial charge in [-0.05, 0) is 32.4 Å². The molecule has 0 unspecified atom stereocenters. The highest BCUT2D eigenvalue weighted by molar-refractivity contribution is 8.00. The molecule has 2 nitrogen and oxygen atoms in total. The molecule has 2 rings (SSSR count). The number of hydrogen-bond donors (Lipinski definition) is 1. The molecule has 1 aliphatic rings. The molecule has 1 fully saturated rings. The van der Waals surface area contributed by atoms with Crippen molar-refractivity contribution >= 4 is 23.1 Å². The summed E-state index contributed by atoms with van der Waals surface area (Å²) in [5, 5.41) is 5.41. The van der Waals surface area contributed by atoms with Gasteiger partial charge < -0.3 is 5.32 Å². The van der Waals surface area contributed by atoms with Crippen molar-refractivity contribution in [1.29, 1.82) is 0 Å². The molecule has 72 valence electrons. The molecule has 1 saturated heterocycles. The van der Waals surface area contributed by atoms with Crippen LogP contribution < -0.4 is 5.32 Å². The third-order valence-corrected chi connectivity index (χ3v) is 4.39. The SMILES string of the molecule is Cc1csc(SCCC2CNC2)n1. The minimum absolute atomic E-state index is 0.925. The molecule has 0 radical (unpaired) electrons. The van der Waals surface area contributed by atoms with Gasteiger partial charge in [0.05, 0.1) is 0 Å². The highest BCUT2D eigenvalue weighted by atomic mass is 32.2. The Bertz CT molecular complexity index is 268. The Hall–Kier alpha value is -0.0600. The van der Waals surface area contributed by atoms with Gasteiger partial charge in [0.1, 0.15) is 4.34 Å². The molecule has 0 atom stereocenters. The monoisotopic (exact) mass is 214 g/mol. The van der Waals surface area contributed by atoms with Crippen LogP contribution in [0.25, 0.3) is 0 Å². The van der Waals surface area contributed by atoms with Gasteiger partial charge in [-0.25, -0.2) is 4.98 Å². The minimum Gasteiger partial charge on any atom is -0.316 e. The third kappa shape index (κ3) is 2.69. The molecule has 0 aliphatic carbocycles. The van der Waals surface area contributed by atoms with Gasteiger partial charge in [-0.3, -0.25) is 0 Å². The average Bonchev–Trinajstić information content (AvgIpc) is 2.42. The number of thioether (sulfide) groups is 1. The summed E-state index contributed by atoms with van der Waals surface area (Å²) in [6, 6.07) is 0. The maximum atomic E-state index is 4.42. The topological polar surface area (TPSA) is 24.9 Å². The van der Waals surface area contributed by atoms with E-state index in [2.05, 4.69) is 22.6 Å². The summed E-state index contributed by atoms with van der Waals surface area (Å²) in [6.07, 6.45) is 1.33. The molecule has 1 aromatic rings. The van der Waals surface area contributed by atoms with Crippen molar-refractivity contribution in [3.63, 3.8) is 0 Å². The second kappa shape index (κ2) is 4.44. The Balaban J connectivity index is 1.67. The van der Waals surface area contributed by atoms with E-state index in [0.29, 0.717) is 0 Å². The van der Waals surface area contributed by atoms with Crippen molar-refractivity contribution in [3.05, 3.63) is 11.1 Å². The molecule has 0 saturated carbocycles. The van der Waals surface area contributed by atoms with Crippen LogP contribution in [-0.4, -0.2) is 23.8 Å². The lowest BCUT2D eigenvalue weighted by Crippen LogP contribution is -2.42. The second-order valence-electron chi connectivity index (χ2n) is 3.42. The predicted molar refractivity (Wildman–Crippen MR) is 58.6 cm³/mol. The maximum absolute atomic E-state index is 4.42. The lowest BCUT2D eigenvalue weighted by atomic mass is 10.0. The number of nitrogens with zero attached hydrogens (tertiary/aromatic N) is 1. The molecule has 0 bridgehead atoms. The fourth-order valence-corrected chi connectivity index (χ4v) is 3.29. The summed E-state index contributed by atoms with van der Waals surface area (Å²) in [4.78, 5) is 4.42. The molecule has 13 heavy (non-hydrogen) atoms. The number of hydrogen-bond acceptors (Lipinski definition) is 4. The smallest absolute Gasteiger partial charge is 0.150 e. The van der Waals surface area contributed by atoms with E-state index in [-0.39, 0.29) is 0 Å². The normalized spacial score (nSPS) is 17.3. The van der Waals surface area contributed by atoms with Crippen LogP contribution in [0.1, 0.15) is 12.1 Å². The van der Waals surface area contributed by atoms with Crippen molar-refractivity contribution in [2.24, 2.45) is 5.92 Å². The summed E-state index contributed by atoms with van der Waals surface area (Å²) < 4.78 is 1.23. The van der Waals surface area contributed by atoms with E-state index in [1.54, 1.807) is 11.3 Å². The van der Waals surface area contributed by atoms with E-state index in [1.165, 1.54) is 29.6 Å². The number of aromatic nitrogens is 1. The molecule has 1 aliphatic heterocycles. The molecule has 1 N–H and O–H groups in total. The summed E-state index contributed by atoms with van der Waals surface area (Å²) in [7, 11) is 0. The second-order valence-corrected chi connectivity index (χ2v) is 5.62. The van der Waals surface area contributed by atoms with Gasteiger partial charge in [-0.15, -0.1) is 11.3 Å². The van der Waals surface area contributed by atoms with Crippen molar-refractivity contribution in [2.75, 3.05) is 18.8 Å². The zero-order valence-electron chi connectivity index (χ0n) is 7.75. The standard InChI is InChI=1S/C9H14N2S2/c1-7-6-13-9(11-7)12-3-2-8-4-10-5-8/h6,8,10H,2-5H2,1H3. The van der Waals surface area contributed by atoms with Crippen molar-refractivity contribution in [3.8, 4) is 0 Å². The Morgan fingerprint density at radius 3 is 3.08 bits per heavy atom. The predicted octanol–water partition coefficient (Wildman–Crippen LogP) is 2.15. The van der Waals surface area contributed by atoms with Gasteiger partial charge in [0.15, 0.2) is 0 Å². The highest BCUT2D eigenvalue weighted by Crippen LogP contribution is 2.24. The first-order valence-electron chi connectivity index (χ1n) is 4.60. The lowest BCUT2D eigenvalue weighted by Gasteiger charge is -2.26. The van der Waals surface area contributed by atoms with Crippen LogP contribution >= 0.6 is 23.1 Å². The van der Waals surface area contributed by atoms with Gasteiger partial charge >= 0.3 is 0 Å². The highest BCUT2D eigenvalue weighted by Gasteiger charge is 2.15. The van der Waals surface area contributed by atoms with Crippen LogP contribution in [-0.2, 0) is 0 Å². The summed E-state index contributed by atoms with van der Waals surface area (Å²) in [5.41, 5.74) is 1.15. The summed E-state index contributed by atoms with van der Waals surface area (Å²) >= 11 is 3.66. The molecule has 1 aromatic heterocycles. The van der Waals surface area contributed by atoms with E-state index >= 15 is 0 Å². The quantitative estimate of drug-likeness (QED) is 0.777. The van der Waals surface area contributed by atoms with Crippen LogP contribution in [0.2, 0.25) is 0 Å². The number of thiazole rings is 1. The van der Waals surface area contributed by atoms with E-state index in [4.69, 9.17) is 0 Å². The lowest BCUT2D eigenvalue weighted by molar-refractivity contribution is 0.341. The van der Waals surface area contributed by atoms with Crippen LogP contribution in [0, 0.1) is 12.8 Å². The molecular weight excluding hydrogens is 200 g/mol. The molecule has 0 spiro atoms. The molecular formula is C9H14N2S2. The maximum Gasteiger partial charge on any atom is 0.150 e. The summed E-state index contributed by atoms with van der Waals surface area (Å²) in [6.45, 7) is 4.49. The van der Waals surface area contributed by atoms with Crippen molar-refractivity contribution in [2.45, 2.75) is 17.7 Å². The first-order chi connectivity index (χ1) is 6.34. The van der Waals surface area contributed by atoms with Crippen LogP contribution in [0.15, 0.2) is 9.72 Å². The van der Waals surface area contributed by atoms with E-state index < -0.39 is 0 Å². The average molecular weight is 214 g/mol. The van der Waals surface area contributed by atoms with Crippen molar-refractivity contribution in [1.82, 2.24) is 10.3 Å². The van der Waals surface area contributed by atoms with Gasteiger partial charge in [0, 0.05) is 16.8 Å². The molecule has 4 heteroatoms. The third-order valence-electron chi connectivity index (χ3n) is 2.22. The van der Waals surface area contributed by atoms with Crippen molar-refractivity contribution < 1.29 is 0 Å². The first kappa shape index (κ1) is 9.49. The fourth-order valence-electron chi connectivity index (χ4n) is 1.26. The van der Waals surface area contributed by atoms with E-state index in [9.17, 15) is 0 Å². The molecule has 2 heterocycles. The number of nitrogens with one attached hydrogen (secondary N) is 1. The largest absolute Gasteiger partial charge is 0.316 e. The van der Waals surface area contributed by atoms with Crippen LogP contribution in [0.4, 0.5) is 0 Å². The number of aryl methyl sites for hydroxylation is 1. The van der Waals surface area contributed by atoms with Gasteiger partial charge in [-0.2, -0.15) is 0 Å². The zero-order chi connectivity index (χ0) is 9.10. The van der Waals surface area contributed by atoms with E-state index in [1.807, 2.05) is 11.8 Å². The van der Waals surface area contributed by atoms with Gasteiger partial charge in [-0.1, -0.05) is 11.8 Å². The number of rotatable bonds is 4. The zero-order valence-corrected chi connectivity index (χ0v) is 9.38. The van der Waals surface area contributed by atoms with Crippen LogP contribution in [0.3, 0.4) is 0 Å². The Labute approximate surface area is 87.1 Å². The van der Waals surface area contributed by atoms with Gasteiger partial charge in [0.25, 0.3) is 0 Å². The first-order valence-corrected chi connectivity index (χ1v) is 6.47.